The molecule has 0 radical (unpaired) electrons. The second kappa shape index (κ2) is 4.77. The molecule has 1 unspecified atom stereocenters. The lowest BCUT2D eigenvalue weighted by atomic mass is 10.1. The Morgan fingerprint density at radius 2 is 1.94 bits per heavy atom. The van der Waals surface area contributed by atoms with Crippen LogP contribution >= 0.6 is 0 Å². The van der Waals surface area contributed by atoms with Gasteiger partial charge in [0.15, 0.2) is 0 Å². The fourth-order valence-electron chi connectivity index (χ4n) is 1.64. The third kappa shape index (κ3) is 2.51. The average Bonchev–Trinajstić information content (AvgIpc) is 2.81. The molecule has 0 bridgehead atoms. The summed E-state index contributed by atoms with van der Waals surface area (Å²) in [6, 6.07) is 2.97. The van der Waals surface area contributed by atoms with Crippen molar-refractivity contribution in [2.45, 2.75) is 12.2 Å². The second-order valence-corrected chi connectivity index (χ2v) is 3.74. The fourth-order valence-corrected chi connectivity index (χ4v) is 1.64. The molecule has 0 saturated carbocycles. The Hall–Kier alpha value is -1.89. The SMILES string of the molecule is NCC(c1ccncc1)n1cc(C(F)(F)F)cn1. The van der Waals surface area contributed by atoms with E-state index in [0.717, 1.165) is 18.0 Å². The number of nitrogens with two attached hydrogens (primary N) is 1. The van der Waals surface area contributed by atoms with E-state index in [0.29, 0.717) is 0 Å². The zero-order valence-electron chi connectivity index (χ0n) is 9.30. The van der Waals surface area contributed by atoms with Crippen LogP contribution in [0, 0.1) is 0 Å². The molecule has 4 nitrogen and oxygen atoms in total. The van der Waals surface area contributed by atoms with Crippen molar-refractivity contribution in [3.8, 4) is 0 Å². The summed E-state index contributed by atoms with van der Waals surface area (Å²) in [7, 11) is 0. The summed E-state index contributed by atoms with van der Waals surface area (Å²) in [6.45, 7) is 0.156. The highest BCUT2D eigenvalue weighted by atomic mass is 19.4. The molecule has 7 heteroatoms. The lowest BCUT2D eigenvalue weighted by Gasteiger charge is -2.15. The van der Waals surface area contributed by atoms with E-state index in [2.05, 4.69) is 10.1 Å². The monoisotopic (exact) mass is 256 g/mol. The van der Waals surface area contributed by atoms with Gasteiger partial charge < -0.3 is 5.73 Å². The van der Waals surface area contributed by atoms with Gasteiger partial charge in [0.05, 0.1) is 17.8 Å². The topological polar surface area (TPSA) is 56.7 Å². The Labute approximate surface area is 101 Å². The van der Waals surface area contributed by atoms with Crippen LogP contribution in [0.2, 0.25) is 0 Å². The summed E-state index contributed by atoms with van der Waals surface area (Å²) >= 11 is 0. The van der Waals surface area contributed by atoms with Crippen molar-refractivity contribution in [1.29, 1.82) is 0 Å². The molecule has 0 saturated heterocycles. The van der Waals surface area contributed by atoms with Gasteiger partial charge in [0, 0.05) is 25.1 Å². The highest BCUT2D eigenvalue weighted by Gasteiger charge is 2.32. The van der Waals surface area contributed by atoms with Gasteiger partial charge in [-0.25, -0.2) is 0 Å². The molecule has 96 valence electrons. The van der Waals surface area contributed by atoms with E-state index in [9.17, 15) is 13.2 Å². The van der Waals surface area contributed by atoms with Gasteiger partial charge in [0.2, 0.25) is 0 Å². The first-order valence-electron chi connectivity index (χ1n) is 5.23. The Morgan fingerprint density at radius 3 is 2.44 bits per heavy atom. The van der Waals surface area contributed by atoms with Crippen molar-refractivity contribution in [2.24, 2.45) is 5.73 Å². The first-order valence-corrected chi connectivity index (χ1v) is 5.23. The Balaban J connectivity index is 2.32. The average molecular weight is 256 g/mol. The largest absolute Gasteiger partial charge is 0.419 e. The number of halogens is 3. The predicted molar refractivity (Wildman–Crippen MR) is 58.7 cm³/mol. The third-order valence-electron chi connectivity index (χ3n) is 2.56. The van der Waals surface area contributed by atoms with Crippen LogP contribution in [0.3, 0.4) is 0 Å². The van der Waals surface area contributed by atoms with Crippen molar-refractivity contribution in [2.75, 3.05) is 6.54 Å². The summed E-state index contributed by atoms with van der Waals surface area (Å²) in [4.78, 5) is 3.85. The number of aromatic nitrogens is 3. The molecule has 0 spiro atoms. The van der Waals surface area contributed by atoms with Crippen molar-refractivity contribution < 1.29 is 13.2 Å². The highest BCUT2D eigenvalue weighted by Crippen LogP contribution is 2.29. The first-order chi connectivity index (χ1) is 8.52. The predicted octanol–water partition coefficient (Wildman–Crippen LogP) is 1.85. The molecule has 2 rings (SSSR count). The number of rotatable bonds is 3. The molecule has 2 heterocycles. The summed E-state index contributed by atoms with van der Waals surface area (Å²) in [5.41, 5.74) is 5.58. The lowest BCUT2D eigenvalue weighted by molar-refractivity contribution is -0.137. The summed E-state index contributed by atoms with van der Waals surface area (Å²) in [5, 5.41) is 3.73. The highest BCUT2D eigenvalue weighted by molar-refractivity contribution is 5.18. The van der Waals surface area contributed by atoms with Crippen LogP contribution in [-0.4, -0.2) is 21.3 Å². The molecule has 2 N–H and O–H groups in total. The molecule has 0 aliphatic rings. The van der Waals surface area contributed by atoms with Gasteiger partial charge in [-0.2, -0.15) is 18.3 Å². The first kappa shape index (κ1) is 12.6. The number of alkyl halides is 3. The summed E-state index contributed by atoms with van der Waals surface area (Å²) < 4.78 is 38.6. The molecule has 0 aliphatic carbocycles. The van der Waals surface area contributed by atoms with E-state index in [1.807, 2.05) is 0 Å². The number of nitrogens with zero attached hydrogens (tertiary/aromatic N) is 3. The van der Waals surface area contributed by atoms with Gasteiger partial charge in [0.25, 0.3) is 0 Å². The molecular weight excluding hydrogens is 245 g/mol. The quantitative estimate of drug-likeness (QED) is 0.911. The maximum atomic E-state index is 12.5. The zero-order chi connectivity index (χ0) is 13.2. The van der Waals surface area contributed by atoms with Crippen molar-refractivity contribution >= 4 is 0 Å². The van der Waals surface area contributed by atoms with Crippen LogP contribution in [0.4, 0.5) is 13.2 Å². The van der Waals surface area contributed by atoms with Gasteiger partial charge in [-0.05, 0) is 17.7 Å². The number of pyridine rings is 1. The van der Waals surface area contributed by atoms with Crippen LogP contribution < -0.4 is 5.73 Å². The maximum absolute atomic E-state index is 12.5. The fraction of sp³-hybridized carbons (Fsp3) is 0.273. The molecule has 1 atom stereocenters. The van der Waals surface area contributed by atoms with Crippen LogP contribution in [0.1, 0.15) is 17.2 Å². The van der Waals surface area contributed by atoms with E-state index < -0.39 is 17.8 Å². The van der Waals surface area contributed by atoms with Crippen molar-refractivity contribution in [3.05, 3.63) is 48.0 Å². The van der Waals surface area contributed by atoms with Crippen LogP contribution in [-0.2, 0) is 6.18 Å². The van der Waals surface area contributed by atoms with Crippen molar-refractivity contribution in [3.63, 3.8) is 0 Å². The molecular formula is C11H11F3N4. The number of hydrogen-bond donors (Lipinski definition) is 1. The Morgan fingerprint density at radius 1 is 1.28 bits per heavy atom. The van der Waals surface area contributed by atoms with Gasteiger partial charge in [0.1, 0.15) is 0 Å². The van der Waals surface area contributed by atoms with E-state index in [1.165, 1.54) is 4.68 Å². The minimum absolute atomic E-state index is 0.156. The van der Waals surface area contributed by atoms with Gasteiger partial charge in [-0.3, -0.25) is 9.67 Å². The molecule has 0 aromatic carbocycles. The van der Waals surface area contributed by atoms with E-state index in [-0.39, 0.29) is 6.54 Å². The van der Waals surface area contributed by atoms with Crippen LogP contribution in [0.15, 0.2) is 36.9 Å². The maximum Gasteiger partial charge on any atom is 0.419 e. The molecule has 0 amide bonds. The van der Waals surface area contributed by atoms with Crippen molar-refractivity contribution in [1.82, 2.24) is 14.8 Å². The summed E-state index contributed by atoms with van der Waals surface area (Å²) in [6.07, 6.45) is 0.482. The van der Waals surface area contributed by atoms with Gasteiger partial charge in [-0.15, -0.1) is 0 Å². The lowest BCUT2D eigenvalue weighted by Crippen LogP contribution is -2.21. The smallest absolute Gasteiger partial charge is 0.328 e. The number of hydrogen-bond acceptors (Lipinski definition) is 3. The second-order valence-electron chi connectivity index (χ2n) is 3.74. The van der Waals surface area contributed by atoms with Gasteiger partial charge in [-0.1, -0.05) is 0 Å². The normalized spacial score (nSPS) is 13.6. The minimum atomic E-state index is -4.39. The third-order valence-corrected chi connectivity index (χ3v) is 2.56. The van der Waals surface area contributed by atoms with Crippen LogP contribution in [0.5, 0.6) is 0 Å². The minimum Gasteiger partial charge on any atom is -0.328 e. The Bertz CT molecular complexity index is 507. The standard InChI is InChI=1S/C11H11F3N4/c12-11(13,14)9-6-17-18(7-9)10(5-15)8-1-3-16-4-2-8/h1-4,6-7,10H,5,15H2. The van der Waals surface area contributed by atoms with Gasteiger partial charge >= 0.3 is 6.18 Å². The molecule has 2 aromatic rings. The molecule has 18 heavy (non-hydrogen) atoms. The van der Waals surface area contributed by atoms with Crippen LogP contribution in [0.25, 0.3) is 0 Å². The molecule has 0 fully saturated rings. The Kier molecular flexibility index (Phi) is 3.33. The molecule has 0 aliphatic heterocycles. The zero-order valence-corrected chi connectivity index (χ0v) is 9.30. The van der Waals surface area contributed by atoms with E-state index >= 15 is 0 Å². The summed E-state index contributed by atoms with van der Waals surface area (Å²) in [5.74, 6) is 0. The van der Waals surface area contributed by atoms with E-state index in [4.69, 9.17) is 5.73 Å². The molecule has 2 aromatic heterocycles. The van der Waals surface area contributed by atoms with E-state index in [1.54, 1.807) is 24.5 Å².